The Morgan fingerprint density at radius 1 is 1.33 bits per heavy atom. The second-order valence-electron chi connectivity index (χ2n) is 5.01. The van der Waals surface area contributed by atoms with Crippen LogP contribution in [-0.2, 0) is 14.3 Å². The fraction of sp³-hybridized carbons (Fsp3) is 0.375. The van der Waals surface area contributed by atoms with E-state index in [2.05, 4.69) is 0 Å². The highest BCUT2D eigenvalue weighted by Crippen LogP contribution is 2.18. The molecule has 1 aromatic rings. The van der Waals surface area contributed by atoms with E-state index in [1.54, 1.807) is 23.1 Å². The highest BCUT2D eigenvalue weighted by molar-refractivity contribution is 5.92. The number of ether oxygens (including phenoxy) is 1. The molecule has 1 heterocycles. The van der Waals surface area contributed by atoms with Gasteiger partial charge in [-0.3, -0.25) is 9.59 Å². The molecule has 0 radical (unpaired) electrons. The zero-order valence-electron chi connectivity index (χ0n) is 11.9. The van der Waals surface area contributed by atoms with Crippen molar-refractivity contribution >= 4 is 18.0 Å². The molecule has 1 amide bonds. The number of likely N-dealkylation sites (tertiary alicyclic amines) is 1. The van der Waals surface area contributed by atoms with Crippen molar-refractivity contribution in [2.75, 3.05) is 20.2 Å². The first-order valence-electron chi connectivity index (χ1n) is 6.90. The SMILES string of the molecule is COC(=O)C1CCN(C(=O)C=Cc2cccc(F)c2)CC1. The number of methoxy groups -OCH3 is 1. The zero-order chi connectivity index (χ0) is 15.2. The lowest BCUT2D eigenvalue weighted by Gasteiger charge is -2.29. The third kappa shape index (κ3) is 4.15. The normalized spacial score (nSPS) is 16.2. The Bertz CT molecular complexity index is 548. The molecular weight excluding hydrogens is 273 g/mol. The number of esters is 1. The Kier molecular flexibility index (Phi) is 5.09. The molecule has 1 saturated heterocycles. The number of benzene rings is 1. The maximum Gasteiger partial charge on any atom is 0.308 e. The summed E-state index contributed by atoms with van der Waals surface area (Å²) in [6.07, 6.45) is 4.27. The Balaban J connectivity index is 1.89. The molecule has 4 nitrogen and oxygen atoms in total. The van der Waals surface area contributed by atoms with E-state index >= 15 is 0 Å². The van der Waals surface area contributed by atoms with Crippen LogP contribution in [0.5, 0.6) is 0 Å². The van der Waals surface area contributed by atoms with Crippen LogP contribution >= 0.6 is 0 Å². The maximum atomic E-state index is 13.0. The van der Waals surface area contributed by atoms with Gasteiger partial charge in [0.15, 0.2) is 0 Å². The Labute approximate surface area is 123 Å². The first-order chi connectivity index (χ1) is 10.1. The van der Waals surface area contributed by atoms with Gasteiger partial charge >= 0.3 is 5.97 Å². The average molecular weight is 291 g/mol. The van der Waals surface area contributed by atoms with Gasteiger partial charge in [0.25, 0.3) is 0 Å². The molecule has 1 aliphatic rings. The van der Waals surface area contributed by atoms with Crippen LogP contribution in [0.4, 0.5) is 4.39 Å². The second kappa shape index (κ2) is 7.02. The van der Waals surface area contributed by atoms with Crippen LogP contribution in [0.15, 0.2) is 30.3 Å². The van der Waals surface area contributed by atoms with Gasteiger partial charge in [0.1, 0.15) is 5.82 Å². The number of halogens is 1. The van der Waals surface area contributed by atoms with Gasteiger partial charge in [0, 0.05) is 19.2 Å². The lowest BCUT2D eigenvalue weighted by molar-refractivity contribution is -0.148. The maximum absolute atomic E-state index is 13.0. The molecule has 0 aliphatic carbocycles. The third-order valence-electron chi connectivity index (χ3n) is 3.61. The minimum Gasteiger partial charge on any atom is -0.469 e. The summed E-state index contributed by atoms with van der Waals surface area (Å²) in [5, 5.41) is 0. The van der Waals surface area contributed by atoms with Gasteiger partial charge in [0.05, 0.1) is 13.0 Å². The molecule has 21 heavy (non-hydrogen) atoms. The summed E-state index contributed by atoms with van der Waals surface area (Å²) in [5.74, 6) is -0.783. The standard InChI is InChI=1S/C16H18FNO3/c1-21-16(20)13-7-9-18(10-8-13)15(19)6-5-12-3-2-4-14(17)11-12/h2-6,11,13H,7-10H2,1H3. The van der Waals surface area contributed by atoms with E-state index in [1.165, 1.54) is 25.3 Å². The fourth-order valence-electron chi connectivity index (χ4n) is 2.39. The molecule has 0 spiro atoms. The van der Waals surface area contributed by atoms with Crippen molar-refractivity contribution in [3.8, 4) is 0 Å². The number of carbonyl (C=O) groups is 2. The summed E-state index contributed by atoms with van der Waals surface area (Å²) >= 11 is 0. The van der Waals surface area contributed by atoms with Crippen LogP contribution < -0.4 is 0 Å². The molecule has 0 atom stereocenters. The van der Waals surface area contributed by atoms with Crippen LogP contribution in [-0.4, -0.2) is 37.0 Å². The number of piperidine rings is 1. The van der Waals surface area contributed by atoms with Gasteiger partial charge in [-0.15, -0.1) is 0 Å². The zero-order valence-corrected chi connectivity index (χ0v) is 11.9. The largest absolute Gasteiger partial charge is 0.469 e. The van der Waals surface area contributed by atoms with Gasteiger partial charge in [0.2, 0.25) is 5.91 Å². The van der Waals surface area contributed by atoms with Crippen molar-refractivity contribution in [2.24, 2.45) is 5.92 Å². The van der Waals surface area contributed by atoms with Gasteiger partial charge < -0.3 is 9.64 Å². The first-order valence-corrected chi connectivity index (χ1v) is 6.90. The van der Waals surface area contributed by atoms with Gasteiger partial charge in [-0.2, -0.15) is 0 Å². The third-order valence-corrected chi connectivity index (χ3v) is 3.61. The van der Waals surface area contributed by atoms with Crippen LogP contribution in [0.25, 0.3) is 6.08 Å². The van der Waals surface area contributed by atoms with Crippen molar-refractivity contribution in [1.82, 2.24) is 4.90 Å². The molecule has 1 aliphatic heterocycles. The molecular formula is C16H18FNO3. The first kappa shape index (κ1) is 15.2. The molecule has 112 valence electrons. The minimum absolute atomic E-state index is 0.119. The summed E-state index contributed by atoms with van der Waals surface area (Å²) in [5.41, 5.74) is 0.646. The van der Waals surface area contributed by atoms with E-state index in [0.29, 0.717) is 31.5 Å². The number of hydrogen-bond donors (Lipinski definition) is 0. The number of carbonyl (C=O) groups excluding carboxylic acids is 2. The van der Waals surface area contributed by atoms with Crippen molar-refractivity contribution < 1.29 is 18.7 Å². The summed E-state index contributed by atoms with van der Waals surface area (Å²) in [6, 6.07) is 6.06. The van der Waals surface area contributed by atoms with Crippen molar-refractivity contribution in [3.63, 3.8) is 0 Å². The van der Waals surface area contributed by atoms with E-state index in [4.69, 9.17) is 4.74 Å². The highest BCUT2D eigenvalue weighted by atomic mass is 19.1. The van der Waals surface area contributed by atoms with Crippen molar-refractivity contribution in [1.29, 1.82) is 0 Å². The number of hydrogen-bond acceptors (Lipinski definition) is 3. The van der Waals surface area contributed by atoms with Crippen LogP contribution in [0.1, 0.15) is 18.4 Å². The predicted molar refractivity (Wildman–Crippen MR) is 76.8 cm³/mol. The Morgan fingerprint density at radius 2 is 2.05 bits per heavy atom. The van der Waals surface area contributed by atoms with Crippen LogP contribution in [0.2, 0.25) is 0 Å². The average Bonchev–Trinajstić information content (AvgIpc) is 2.52. The van der Waals surface area contributed by atoms with Crippen molar-refractivity contribution in [3.05, 3.63) is 41.7 Å². The number of rotatable bonds is 3. The van der Waals surface area contributed by atoms with Gasteiger partial charge in [-0.25, -0.2) is 4.39 Å². The molecule has 0 saturated carbocycles. The monoisotopic (exact) mass is 291 g/mol. The summed E-state index contributed by atoms with van der Waals surface area (Å²) in [4.78, 5) is 25.1. The van der Waals surface area contributed by atoms with E-state index in [1.807, 2.05) is 0 Å². The molecule has 0 N–H and O–H groups in total. The summed E-state index contributed by atoms with van der Waals surface area (Å²) in [6.45, 7) is 1.07. The Morgan fingerprint density at radius 3 is 2.67 bits per heavy atom. The number of amides is 1. The molecule has 2 rings (SSSR count). The molecule has 0 aromatic heterocycles. The molecule has 0 bridgehead atoms. The molecule has 1 fully saturated rings. The summed E-state index contributed by atoms with van der Waals surface area (Å²) < 4.78 is 17.7. The van der Waals surface area contributed by atoms with E-state index < -0.39 is 0 Å². The Hall–Kier alpha value is -2.17. The highest BCUT2D eigenvalue weighted by Gasteiger charge is 2.26. The molecule has 0 unspecified atom stereocenters. The molecule has 5 heteroatoms. The van der Waals surface area contributed by atoms with E-state index in [9.17, 15) is 14.0 Å². The quantitative estimate of drug-likeness (QED) is 0.634. The van der Waals surface area contributed by atoms with Crippen LogP contribution in [0, 0.1) is 11.7 Å². The smallest absolute Gasteiger partial charge is 0.308 e. The van der Waals surface area contributed by atoms with Gasteiger partial charge in [-0.1, -0.05) is 12.1 Å². The van der Waals surface area contributed by atoms with E-state index in [0.717, 1.165) is 0 Å². The van der Waals surface area contributed by atoms with Crippen molar-refractivity contribution in [2.45, 2.75) is 12.8 Å². The van der Waals surface area contributed by atoms with Gasteiger partial charge in [-0.05, 0) is 36.6 Å². The minimum atomic E-state index is -0.330. The molecule has 1 aromatic carbocycles. The number of nitrogens with zero attached hydrogens (tertiary/aromatic N) is 1. The lowest BCUT2D eigenvalue weighted by Crippen LogP contribution is -2.39. The fourth-order valence-corrected chi connectivity index (χ4v) is 2.39. The predicted octanol–water partition coefficient (Wildman–Crippen LogP) is 2.25. The summed E-state index contributed by atoms with van der Waals surface area (Å²) in [7, 11) is 1.38. The van der Waals surface area contributed by atoms with Crippen LogP contribution in [0.3, 0.4) is 0 Å². The lowest BCUT2D eigenvalue weighted by atomic mass is 9.97. The topological polar surface area (TPSA) is 46.6 Å². The second-order valence-corrected chi connectivity index (χ2v) is 5.01. The van der Waals surface area contributed by atoms with E-state index in [-0.39, 0.29) is 23.6 Å².